The topological polar surface area (TPSA) is 32.3 Å². The van der Waals surface area contributed by atoms with E-state index in [4.69, 9.17) is 0 Å². The van der Waals surface area contributed by atoms with Crippen molar-refractivity contribution in [3.05, 3.63) is 35.9 Å². The van der Waals surface area contributed by atoms with Crippen molar-refractivity contribution in [2.45, 2.75) is 19.3 Å². The number of rotatable bonds is 3. The first-order chi connectivity index (χ1) is 9.77. The molecule has 1 N–H and O–H groups in total. The van der Waals surface area contributed by atoms with Gasteiger partial charge < -0.3 is 10.2 Å². The van der Waals surface area contributed by atoms with Crippen LogP contribution in [0.15, 0.2) is 30.3 Å². The van der Waals surface area contributed by atoms with Crippen LogP contribution in [-0.4, -0.2) is 37.0 Å². The summed E-state index contributed by atoms with van der Waals surface area (Å²) in [7, 11) is 0. The molecular weight excluding hydrogens is 248 g/mol. The lowest BCUT2D eigenvalue weighted by Crippen LogP contribution is -2.38. The summed E-state index contributed by atoms with van der Waals surface area (Å²) in [6.07, 6.45) is 3.08. The summed E-state index contributed by atoms with van der Waals surface area (Å²) >= 11 is 0. The van der Waals surface area contributed by atoms with Crippen LogP contribution >= 0.6 is 0 Å². The molecule has 1 saturated carbocycles. The molecule has 0 unspecified atom stereocenters. The van der Waals surface area contributed by atoms with Crippen LogP contribution in [0.1, 0.15) is 18.4 Å². The summed E-state index contributed by atoms with van der Waals surface area (Å²) in [4.78, 5) is 15.0. The zero-order chi connectivity index (χ0) is 13.6. The molecule has 4 rings (SSSR count). The molecule has 2 heterocycles. The first-order valence-electron chi connectivity index (χ1n) is 7.81. The van der Waals surface area contributed by atoms with Crippen molar-refractivity contribution in [3.8, 4) is 0 Å². The van der Waals surface area contributed by atoms with Gasteiger partial charge in [0.15, 0.2) is 0 Å². The van der Waals surface area contributed by atoms with Gasteiger partial charge in [-0.3, -0.25) is 4.79 Å². The van der Waals surface area contributed by atoms with Crippen LogP contribution in [0.5, 0.6) is 0 Å². The minimum Gasteiger partial charge on any atom is -0.342 e. The van der Waals surface area contributed by atoms with Gasteiger partial charge >= 0.3 is 0 Å². The van der Waals surface area contributed by atoms with Crippen LogP contribution < -0.4 is 5.32 Å². The molecule has 1 aliphatic carbocycles. The molecule has 1 amide bonds. The Bertz CT molecular complexity index is 497. The number of carbonyl (C=O) groups is 1. The van der Waals surface area contributed by atoms with E-state index in [1.165, 1.54) is 5.56 Å². The lowest BCUT2D eigenvalue weighted by Gasteiger charge is -2.24. The first-order valence-corrected chi connectivity index (χ1v) is 7.81. The zero-order valence-corrected chi connectivity index (χ0v) is 11.8. The summed E-state index contributed by atoms with van der Waals surface area (Å²) in [5.74, 6) is 1.83. The Morgan fingerprint density at radius 2 is 1.80 bits per heavy atom. The van der Waals surface area contributed by atoms with Crippen molar-refractivity contribution >= 4 is 5.91 Å². The molecule has 0 bridgehead atoms. The number of nitrogens with zero attached hydrogens (tertiary/aromatic N) is 1. The Balaban J connectivity index is 1.46. The molecule has 0 radical (unpaired) electrons. The molecule has 0 spiro atoms. The molecule has 1 aromatic rings. The van der Waals surface area contributed by atoms with Crippen LogP contribution in [0.2, 0.25) is 0 Å². The molecule has 1 aromatic carbocycles. The number of carbonyl (C=O) groups excluding carboxylic acids is 1. The van der Waals surface area contributed by atoms with E-state index >= 15 is 0 Å². The van der Waals surface area contributed by atoms with Gasteiger partial charge in [0, 0.05) is 26.2 Å². The van der Waals surface area contributed by atoms with Crippen molar-refractivity contribution < 1.29 is 4.79 Å². The van der Waals surface area contributed by atoms with E-state index in [1.807, 2.05) is 6.07 Å². The Labute approximate surface area is 120 Å². The predicted octanol–water partition coefficient (Wildman–Crippen LogP) is 1.69. The molecule has 0 aromatic heterocycles. The van der Waals surface area contributed by atoms with Gasteiger partial charge in [0.2, 0.25) is 5.91 Å². The fraction of sp³-hybridized carbons (Fsp3) is 0.588. The number of hydrogen-bond donors (Lipinski definition) is 1. The monoisotopic (exact) mass is 270 g/mol. The Morgan fingerprint density at radius 3 is 2.40 bits per heavy atom. The Kier molecular flexibility index (Phi) is 2.84. The van der Waals surface area contributed by atoms with Crippen molar-refractivity contribution in [1.29, 1.82) is 0 Å². The van der Waals surface area contributed by atoms with E-state index in [0.717, 1.165) is 45.4 Å². The molecular formula is C17H22N2O. The molecule has 3 nitrogen and oxygen atoms in total. The maximum Gasteiger partial charge on any atom is 0.229 e. The standard InChI is InChI=1S/C17H22N2O/c20-16(19-11-14-9-18-10-15(14)12-19)17(6-7-17)8-13-4-2-1-3-5-13/h1-5,14-15,18H,6-12H2/t14-,15+. The first kappa shape index (κ1) is 12.4. The van der Waals surface area contributed by atoms with Crippen LogP contribution in [0, 0.1) is 17.3 Å². The van der Waals surface area contributed by atoms with Crippen LogP contribution in [0.25, 0.3) is 0 Å². The highest BCUT2D eigenvalue weighted by atomic mass is 16.2. The van der Waals surface area contributed by atoms with Crippen molar-refractivity contribution in [1.82, 2.24) is 10.2 Å². The van der Waals surface area contributed by atoms with E-state index in [2.05, 4.69) is 34.5 Å². The fourth-order valence-corrected chi connectivity index (χ4v) is 3.96. The van der Waals surface area contributed by atoms with E-state index < -0.39 is 0 Å². The van der Waals surface area contributed by atoms with Gasteiger partial charge in [-0.15, -0.1) is 0 Å². The summed E-state index contributed by atoms with van der Waals surface area (Å²) in [6.45, 7) is 4.15. The average Bonchev–Trinajstić information content (AvgIpc) is 2.93. The number of hydrogen-bond acceptors (Lipinski definition) is 2. The summed E-state index contributed by atoms with van der Waals surface area (Å²) in [5, 5.41) is 3.44. The summed E-state index contributed by atoms with van der Waals surface area (Å²) < 4.78 is 0. The van der Waals surface area contributed by atoms with Crippen LogP contribution in [0.4, 0.5) is 0 Å². The highest BCUT2D eigenvalue weighted by Gasteiger charge is 2.53. The van der Waals surface area contributed by atoms with Crippen molar-refractivity contribution in [3.63, 3.8) is 0 Å². The van der Waals surface area contributed by atoms with Gasteiger partial charge in [-0.25, -0.2) is 0 Å². The number of fused-ring (bicyclic) bond motifs is 1. The molecule has 3 heteroatoms. The Morgan fingerprint density at radius 1 is 1.15 bits per heavy atom. The highest BCUT2D eigenvalue weighted by molar-refractivity contribution is 5.86. The number of benzene rings is 1. The minimum atomic E-state index is -0.0621. The second kappa shape index (κ2) is 4.59. The molecule has 3 aliphatic rings. The fourth-order valence-electron chi connectivity index (χ4n) is 3.96. The molecule has 106 valence electrons. The maximum absolute atomic E-state index is 12.9. The highest BCUT2D eigenvalue weighted by Crippen LogP contribution is 2.50. The largest absolute Gasteiger partial charge is 0.342 e. The normalized spacial score (nSPS) is 30.3. The van der Waals surface area contributed by atoms with Gasteiger partial charge in [-0.1, -0.05) is 30.3 Å². The second-order valence-electron chi connectivity index (χ2n) is 6.83. The third-order valence-corrected chi connectivity index (χ3v) is 5.37. The van der Waals surface area contributed by atoms with Gasteiger partial charge in [-0.05, 0) is 36.7 Å². The van der Waals surface area contributed by atoms with Crippen molar-refractivity contribution in [2.75, 3.05) is 26.2 Å². The van der Waals surface area contributed by atoms with Gasteiger partial charge in [-0.2, -0.15) is 0 Å². The zero-order valence-electron chi connectivity index (χ0n) is 11.8. The average molecular weight is 270 g/mol. The van der Waals surface area contributed by atoms with E-state index in [9.17, 15) is 4.79 Å². The number of nitrogens with one attached hydrogen (secondary N) is 1. The third-order valence-electron chi connectivity index (χ3n) is 5.37. The van der Waals surface area contributed by atoms with E-state index in [-0.39, 0.29) is 5.41 Å². The van der Waals surface area contributed by atoms with Gasteiger partial charge in [0.1, 0.15) is 0 Å². The number of likely N-dealkylation sites (tertiary alicyclic amines) is 1. The summed E-state index contributed by atoms with van der Waals surface area (Å²) in [6, 6.07) is 10.5. The van der Waals surface area contributed by atoms with Gasteiger partial charge in [0.25, 0.3) is 0 Å². The third kappa shape index (κ3) is 2.05. The quantitative estimate of drug-likeness (QED) is 0.906. The van der Waals surface area contributed by atoms with E-state index in [0.29, 0.717) is 17.7 Å². The van der Waals surface area contributed by atoms with Crippen LogP contribution in [-0.2, 0) is 11.2 Å². The number of amides is 1. The molecule has 2 saturated heterocycles. The molecule has 20 heavy (non-hydrogen) atoms. The predicted molar refractivity (Wildman–Crippen MR) is 78.2 cm³/mol. The SMILES string of the molecule is O=C(N1C[C@H]2CNC[C@H]2C1)C1(Cc2ccccc2)CC1. The lowest BCUT2D eigenvalue weighted by atomic mass is 9.95. The lowest BCUT2D eigenvalue weighted by molar-refractivity contribution is -0.136. The molecule has 2 aliphatic heterocycles. The van der Waals surface area contributed by atoms with Crippen LogP contribution in [0.3, 0.4) is 0 Å². The van der Waals surface area contributed by atoms with Gasteiger partial charge in [0.05, 0.1) is 5.41 Å². The van der Waals surface area contributed by atoms with Crippen molar-refractivity contribution in [2.24, 2.45) is 17.3 Å². The summed E-state index contributed by atoms with van der Waals surface area (Å²) in [5.41, 5.74) is 1.24. The second-order valence-corrected chi connectivity index (χ2v) is 6.83. The maximum atomic E-state index is 12.9. The molecule has 2 atom stereocenters. The Hall–Kier alpha value is -1.35. The van der Waals surface area contributed by atoms with E-state index in [1.54, 1.807) is 0 Å². The molecule has 3 fully saturated rings. The minimum absolute atomic E-state index is 0.0621. The smallest absolute Gasteiger partial charge is 0.229 e.